The van der Waals surface area contributed by atoms with E-state index >= 15 is 0 Å². The summed E-state index contributed by atoms with van der Waals surface area (Å²) in [4.78, 5) is 28.3. The van der Waals surface area contributed by atoms with Crippen molar-refractivity contribution >= 4 is 11.8 Å². The van der Waals surface area contributed by atoms with E-state index in [1.54, 1.807) is 11.9 Å². The lowest BCUT2D eigenvalue weighted by atomic mass is 10.0. The Morgan fingerprint density at radius 2 is 1.68 bits per heavy atom. The minimum Gasteiger partial charge on any atom is -0.454 e. The minimum absolute atomic E-state index is 0.0644. The van der Waals surface area contributed by atoms with E-state index in [4.69, 9.17) is 9.47 Å². The molecule has 176 valence electrons. The quantitative estimate of drug-likeness (QED) is 0.526. The molecular weight excluding hydrogens is 428 g/mol. The van der Waals surface area contributed by atoms with Gasteiger partial charge in [-0.2, -0.15) is 0 Å². The normalized spacial score (nSPS) is 12.8. The van der Waals surface area contributed by atoms with Crippen molar-refractivity contribution in [2.75, 3.05) is 13.8 Å². The van der Waals surface area contributed by atoms with Crippen molar-refractivity contribution < 1.29 is 19.1 Å². The molecule has 1 atom stereocenters. The van der Waals surface area contributed by atoms with E-state index in [-0.39, 0.29) is 25.0 Å². The van der Waals surface area contributed by atoms with Crippen LogP contribution in [-0.2, 0) is 29.0 Å². The van der Waals surface area contributed by atoms with Crippen LogP contribution >= 0.6 is 0 Å². The molecule has 1 heterocycles. The van der Waals surface area contributed by atoms with Crippen molar-refractivity contribution in [3.8, 4) is 11.5 Å². The predicted molar refractivity (Wildman–Crippen MR) is 131 cm³/mol. The summed E-state index contributed by atoms with van der Waals surface area (Å²) in [5.41, 5.74) is 4.12. The topological polar surface area (TPSA) is 67.9 Å². The third-order valence-corrected chi connectivity index (χ3v) is 6.18. The average molecular weight is 459 g/mol. The molecule has 0 unspecified atom stereocenters. The molecule has 1 N–H and O–H groups in total. The maximum atomic E-state index is 13.6. The first-order valence-corrected chi connectivity index (χ1v) is 11.5. The van der Waals surface area contributed by atoms with Crippen LogP contribution in [-0.4, -0.2) is 36.6 Å². The van der Waals surface area contributed by atoms with Gasteiger partial charge in [-0.05, 0) is 47.7 Å². The smallest absolute Gasteiger partial charge is 0.242 e. The predicted octanol–water partition coefficient (Wildman–Crippen LogP) is 4.04. The maximum Gasteiger partial charge on any atom is 0.242 e. The van der Waals surface area contributed by atoms with Gasteiger partial charge in [0.15, 0.2) is 11.5 Å². The third-order valence-electron chi connectivity index (χ3n) is 6.18. The number of amides is 2. The molecule has 0 saturated carbocycles. The van der Waals surface area contributed by atoms with E-state index in [9.17, 15) is 9.59 Å². The van der Waals surface area contributed by atoms with Crippen LogP contribution in [0.25, 0.3) is 0 Å². The van der Waals surface area contributed by atoms with Gasteiger partial charge in [-0.1, -0.05) is 60.7 Å². The Morgan fingerprint density at radius 1 is 0.941 bits per heavy atom. The number of aryl methyl sites for hydroxylation is 2. The van der Waals surface area contributed by atoms with E-state index in [1.807, 2.05) is 79.7 Å². The lowest BCUT2D eigenvalue weighted by molar-refractivity contribution is -0.141. The number of carbonyl (C=O) groups excluding carboxylic acids is 2. The molecule has 6 nitrogen and oxygen atoms in total. The fourth-order valence-electron chi connectivity index (χ4n) is 4.18. The summed E-state index contributed by atoms with van der Waals surface area (Å²) in [7, 11) is 1.61. The number of benzene rings is 3. The van der Waals surface area contributed by atoms with Crippen molar-refractivity contribution in [2.24, 2.45) is 0 Å². The zero-order valence-electron chi connectivity index (χ0n) is 19.6. The van der Waals surface area contributed by atoms with Gasteiger partial charge in [0.25, 0.3) is 0 Å². The number of carbonyl (C=O) groups is 2. The van der Waals surface area contributed by atoms with Gasteiger partial charge < -0.3 is 19.7 Å². The number of hydrogen-bond acceptors (Lipinski definition) is 4. The number of rotatable bonds is 9. The van der Waals surface area contributed by atoms with Crippen LogP contribution in [0.3, 0.4) is 0 Å². The van der Waals surface area contributed by atoms with Crippen molar-refractivity contribution in [2.45, 2.75) is 38.8 Å². The molecule has 0 aromatic heterocycles. The number of likely N-dealkylation sites (N-methyl/N-ethyl adjacent to an activating group) is 1. The maximum absolute atomic E-state index is 13.6. The lowest BCUT2D eigenvalue weighted by Gasteiger charge is -2.31. The van der Waals surface area contributed by atoms with Gasteiger partial charge in [0, 0.05) is 26.4 Å². The lowest BCUT2D eigenvalue weighted by Crippen LogP contribution is -2.49. The molecule has 1 aliphatic rings. The van der Waals surface area contributed by atoms with E-state index < -0.39 is 6.04 Å². The Kier molecular flexibility index (Phi) is 7.48. The molecule has 4 rings (SSSR count). The zero-order valence-corrected chi connectivity index (χ0v) is 19.6. The summed E-state index contributed by atoms with van der Waals surface area (Å²) in [6, 6.07) is 22.9. The molecular formula is C28H30N2O4. The highest BCUT2D eigenvalue weighted by molar-refractivity contribution is 5.88. The van der Waals surface area contributed by atoms with Crippen molar-refractivity contribution in [3.05, 3.63) is 95.1 Å². The van der Waals surface area contributed by atoms with E-state index in [1.165, 1.54) is 0 Å². The van der Waals surface area contributed by atoms with Gasteiger partial charge in [0.2, 0.25) is 18.6 Å². The third kappa shape index (κ3) is 5.57. The van der Waals surface area contributed by atoms with Crippen LogP contribution in [0.2, 0.25) is 0 Å². The molecule has 0 saturated heterocycles. The van der Waals surface area contributed by atoms with Crippen molar-refractivity contribution in [3.63, 3.8) is 0 Å². The van der Waals surface area contributed by atoms with Crippen LogP contribution < -0.4 is 14.8 Å². The minimum atomic E-state index is -0.615. The van der Waals surface area contributed by atoms with Gasteiger partial charge in [0.1, 0.15) is 6.04 Å². The summed E-state index contributed by atoms with van der Waals surface area (Å²) < 4.78 is 10.8. The Bertz CT molecular complexity index is 1150. The van der Waals surface area contributed by atoms with Crippen LogP contribution in [0.4, 0.5) is 0 Å². The fraction of sp³-hybridized carbons (Fsp3) is 0.286. The zero-order chi connectivity index (χ0) is 23.9. The highest BCUT2D eigenvalue weighted by Crippen LogP contribution is 2.33. The number of nitrogens with one attached hydrogen (secondary N) is 1. The summed E-state index contributed by atoms with van der Waals surface area (Å²) in [6.07, 6.45) is 1.28. The number of ether oxygens (including phenoxy) is 2. The van der Waals surface area contributed by atoms with Gasteiger partial charge in [0.05, 0.1) is 0 Å². The fourth-order valence-corrected chi connectivity index (χ4v) is 4.18. The van der Waals surface area contributed by atoms with Gasteiger partial charge in [-0.15, -0.1) is 0 Å². The molecule has 34 heavy (non-hydrogen) atoms. The second kappa shape index (κ2) is 10.9. The highest BCUT2D eigenvalue weighted by Gasteiger charge is 2.30. The van der Waals surface area contributed by atoms with Crippen LogP contribution in [0, 0.1) is 6.92 Å². The standard InChI is InChI=1S/C28H30N2O4/c1-20-8-6-7-11-23(20)18-30(24(28(32)29-2)16-21-9-4-3-5-10-21)27(31)15-13-22-12-14-25-26(17-22)34-19-33-25/h3-12,14,17,24H,13,15-16,18-19H2,1-2H3,(H,29,32)/t24-/m0/s1. The largest absolute Gasteiger partial charge is 0.454 e. The molecule has 0 bridgehead atoms. The first-order chi connectivity index (χ1) is 16.5. The van der Waals surface area contributed by atoms with Crippen molar-refractivity contribution in [1.82, 2.24) is 10.2 Å². The second-order valence-corrected chi connectivity index (χ2v) is 8.46. The van der Waals surface area contributed by atoms with Crippen molar-refractivity contribution in [1.29, 1.82) is 0 Å². The first kappa shape index (κ1) is 23.4. The molecule has 1 aliphatic heterocycles. The first-order valence-electron chi connectivity index (χ1n) is 11.5. The van der Waals surface area contributed by atoms with Gasteiger partial charge in [-0.25, -0.2) is 0 Å². The molecule has 0 spiro atoms. The molecule has 0 fully saturated rings. The monoisotopic (exact) mass is 458 g/mol. The Balaban J connectivity index is 1.58. The SMILES string of the molecule is CNC(=O)[C@H](Cc1ccccc1)N(Cc1ccccc1C)C(=O)CCc1ccc2c(c1)OCO2. The summed E-state index contributed by atoms with van der Waals surface area (Å²) >= 11 is 0. The van der Waals surface area contributed by atoms with Crippen LogP contribution in [0.5, 0.6) is 11.5 Å². The number of nitrogens with zero attached hydrogens (tertiary/aromatic N) is 1. The molecule has 6 heteroatoms. The molecule has 2 amide bonds. The Labute approximate surface area is 200 Å². The van der Waals surface area contributed by atoms with Gasteiger partial charge >= 0.3 is 0 Å². The molecule has 3 aromatic carbocycles. The van der Waals surface area contributed by atoms with Gasteiger partial charge in [-0.3, -0.25) is 9.59 Å². The average Bonchev–Trinajstić information content (AvgIpc) is 3.34. The number of hydrogen-bond donors (Lipinski definition) is 1. The molecule has 0 radical (unpaired) electrons. The summed E-state index contributed by atoms with van der Waals surface area (Å²) in [5, 5.41) is 2.76. The Hall–Kier alpha value is -3.80. The molecule has 0 aliphatic carbocycles. The van der Waals surface area contributed by atoms with Crippen LogP contribution in [0.1, 0.15) is 28.7 Å². The van der Waals surface area contributed by atoms with E-state index in [2.05, 4.69) is 5.32 Å². The second-order valence-electron chi connectivity index (χ2n) is 8.46. The van der Waals surface area contributed by atoms with E-state index in [0.29, 0.717) is 25.1 Å². The van der Waals surface area contributed by atoms with E-state index in [0.717, 1.165) is 28.0 Å². The Morgan fingerprint density at radius 3 is 2.44 bits per heavy atom. The van der Waals surface area contributed by atoms with Crippen LogP contribution in [0.15, 0.2) is 72.8 Å². The highest BCUT2D eigenvalue weighted by atomic mass is 16.7. The number of fused-ring (bicyclic) bond motifs is 1. The summed E-state index contributed by atoms with van der Waals surface area (Å²) in [6.45, 7) is 2.61. The summed E-state index contributed by atoms with van der Waals surface area (Å²) in [5.74, 6) is 1.19. The molecule has 3 aromatic rings.